The summed E-state index contributed by atoms with van der Waals surface area (Å²) in [6, 6.07) is 0. The normalized spacial score (nSPS) is 14.5. The summed E-state index contributed by atoms with van der Waals surface area (Å²) in [5.41, 5.74) is 3.38. The van der Waals surface area contributed by atoms with E-state index in [0.717, 1.165) is 6.42 Å². The molecular weight excluding hydrogens is 204 g/mol. The van der Waals surface area contributed by atoms with Crippen molar-refractivity contribution in [1.29, 1.82) is 0 Å². The average molecular weight is 228 g/mol. The SMILES string of the molecule is CCC(C#C[Si](C)(C)C)O[Si](C)(C)C. The van der Waals surface area contributed by atoms with Crippen LogP contribution in [0, 0.1) is 11.5 Å². The van der Waals surface area contributed by atoms with Gasteiger partial charge in [-0.15, -0.1) is 5.54 Å². The highest BCUT2D eigenvalue weighted by molar-refractivity contribution is 6.83. The van der Waals surface area contributed by atoms with Crippen LogP contribution in [0.25, 0.3) is 0 Å². The molecule has 0 heterocycles. The molecule has 1 unspecified atom stereocenters. The van der Waals surface area contributed by atoms with Crippen LogP contribution >= 0.6 is 0 Å². The second kappa shape index (κ2) is 5.15. The van der Waals surface area contributed by atoms with Crippen LogP contribution < -0.4 is 0 Å². The number of rotatable bonds is 3. The van der Waals surface area contributed by atoms with Gasteiger partial charge in [-0.05, 0) is 26.1 Å². The Morgan fingerprint density at radius 2 is 1.57 bits per heavy atom. The van der Waals surface area contributed by atoms with Crippen molar-refractivity contribution in [1.82, 2.24) is 0 Å². The molecule has 0 radical (unpaired) electrons. The van der Waals surface area contributed by atoms with Gasteiger partial charge in [0.2, 0.25) is 0 Å². The molecular formula is C11H24OSi2. The smallest absolute Gasteiger partial charge is 0.185 e. The quantitative estimate of drug-likeness (QED) is 0.531. The molecule has 0 aromatic heterocycles. The minimum atomic E-state index is -1.42. The topological polar surface area (TPSA) is 9.23 Å². The van der Waals surface area contributed by atoms with Crippen molar-refractivity contribution in [2.75, 3.05) is 0 Å². The largest absolute Gasteiger partial charge is 0.404 e. The maximum absolute atomic E-state index is 5.97. The van der Waals surface area contributed by atoms with Gasteiger partial charge < -0.3 is 4.43 Å². The molecule has 0 saturated carbocycles. The van der Waals surface area contributed by atoms with Crippen molar-refractivity contribution < 1.29 is 4.43 Å². The van der Waals surface area contributed by atoms with Crippen LogP contribution in [-0.4, -0.2) is 22.5 Å². The van der Waals surface area contributed by atoms with Gasteiger partial charge in [-0.2, -0.15) is 0 Å². The van der Waals surface area contributed by atoms with Crippen molar-refractivity contribution in [3.8, 4) is 11.5 Å². The van der Waals surface area contributed by atoms with E-state index in [0.29, 0.717) is 0 Å². The van der Waals surface area contributed by atoms with E-state index in [1.807, 2.05) is 0 Å². The third-order valence-electron chi connectivity index (χ3n) is 1.47. The Morgan fingerprint density at radius 1 is 1.07 bits per heavy atom. The first kappa shape index (κ1) is 14.0. The number of hydrogen-bond acceptors (Lipinski definition) is 1. The Kier molecular flexibility index (Phi) is 5.14. The van der Waals surface area contributed by atoms with Crippen molar-refractivity contribution in [2.24, 2.45) is 0 Å². The third-order valence-corrected chi connectivity index (χ3v) is 3.36. The van der Waals surface area contributed by atoms with Gasteiger partial charge in [-0.25, -0.2) is 0 Å². The van der Waals surface area contributed by atoms with E-state index in [1.165, 1.54) is 0 Å². The summed E-state index contributed by atoms with van der Waals surface area (Å²) in [6.45, 7) is 15.6. The average Bonchev–Trinajstić information content (AvgIpc) is 1.94. The molecule has 14 heavy (non-hydrogen) atoms. The highest BCUT2D eigenvalue weighted by Crippen LogP contribution is 2.09. The van der Waals surface area contributed by atoms with E-state index >= 15 is 0 Å². The van der Waals surface area contributed by atoms with E-state index in [2.05, 4.69) is 57.7 Å². The molecule has 0 fully saturated rings. The van der Waals surface area contributed by atoms with Crippen LogP contribution in [0.2, 0.25) is 39.3 Å². The molecule has 0 aliphatic carbocycles. The molecule has 1 nitrogen and oxygen atoms in total. The molecule has 82 valence electrons. The summed E-state index contributed by atoms with van der Waals surface area (Å²) in [6.07, 6.45) is 1.16. The Balaban J connectivity index is 4.36. The first-order valence-corrected chi connectivity index (χ1v) is 12.3. The van der Waals surface area contributed by atoms with Crippen molar-refractivity contribution in [3.05, 3.63) is 0 Å². The van der Waals surface area contributed by atoms with Crippen LogP contribution in [0.1, 0.15) is 13.3 Å². The van der Waals surface area contributed by atoms with Crippen molar-refractivity contribution in [2.45, 2.75) is 58.7 Å². The zero-order valence-corrected chi connectivity index (χ0v) is 12.7. The van der Waals surface area contributed by atoms with Crippen LogP contribution in [-0.2, 0) is 4.43 Å². The zero-order chi connectivity index (χ0) is 11.4. The summed E-state index contributed by atoms with van der Waals surface area (Å²) in [5, 5.41) is 0. The fourth-order valence-electron chi connectivity index (χ4n) is 0.939. The van der Waals surface area contributed by atoms with Gasteiger partial charge >= 0.3 is 0 Å². The minimum absolute atomic E-state index is 0.161. The Labute approximate surface area is 91.4 Å². The predicted octanol–water partition coefficient (Wildman–Crippen LogP) is 3.50. The van der Waals surface area contributed by atoms with Crippen LogP contribution in [0.5, 0.6) is 0 Å². The van der Waals surface area contributed by atoms with Gasteiger partial charge in [0.05, 0.1) is 0 Å². The molecule has 0 aliphatic rings. The second-order valence-corrected chi connectivity index (χ2v) is 14.9. The lowest BCUT2D eigenvalue weighted by atomic mass is 10.3. The van der Waals surface area contributed by atoms with E-state index in [9.17, 15) is 0 Å². The van der Waals surface area contributed by atoms with E-state index in [4.69, 9.17) is 4.43 Å². The fourth-order valence-corrected chi connectivity index (χ4v) is 2.61. The Hall–Kier alpha value is -0.0462. The fraction of sp³-hybridized carbons (Fsp3) is 0.818. The lowest BCUT2D eigenvalue weighted by Crippen LogP contribution is -2.31. The van der Waals surface area contributed by atoms with Gasteiger partial charge in [-0.3, -0.25) is 0 Å². The van der Waals surface area contributed by atoms with E-state index < -0.39 is 16.4 Å². The monoisotopic (exact) mass is 228 g/mol. The zero-order valence-electron chi connectivity index (χ0n) is 10.7. The summed E-state index contributed by atoms with van der Waals surface area (Å²) in [4.78, 5) is 0. The molecule has 0 aromatic carbocycles. The van der Waals surface area contributed by atoms with Gasteiger partial charge in [0, 0.05) is 0 Å². The van der Waals surface area contributed by atoms with E-state index in [-0.39, 0.29) is 6.10 Å². The van der Waals surface area contributed by atoms with Crippen LogP contribution in [0.3, 0.4) is 0 Å². The molecule has 3 heteroatoms. The molecule has 0 amide bonds. The first-order valence-electron chi connectivity index (χ1n) is 5.34. The minimum Gasteiger partial charge on any atom is -0.404 e. The molecule has 0 rings (SSSR count). The molecule has 0 aliphatic heterocycles. The van der Waals surface area contributed by atoms with Crippen LogP contribution in [0.15, 0.2) is 0 Å². The highest BCUT2D eigenvalue weighted by Gasteiger charge is 2.19. The third kappa shape index (κ3) is 8.55. The second-order valence-electron chi connectivity index (χ2n) is 5.65. The lowest BCUT2D eigenvalue weighted by molar-refractivity contribution is 0.247. The Morgan fingerprint density at radius 3 is 1.86 bits per heavy atom. The van der Waals surface area contributed by atoms with Gasteiger partial charge in [0.15, 0.2) is 8.32 Å². The molecule has 1 atom stereocenters. The summed E-state index contributed by atoms with van der Waals surface area (Å²) < 4.78 is 5.97. The Bertz CT molecular complexity index is 224. The summed E-state index contributed by atoms with van der Waals surface area (Å²) in [7, 11) is -2.66. The summed E-state index contributed by atoms with van der Waals surface area (Å²) in [5.74, 6) is 3.29. The molecule has 0 spiro atoms. The lowest BCUT2D eigenvalue weighted by Gasteiger charge is -2.22. The highest BCUT2D eigenvalue weighted by atomic mass is 28.4. The van der Waals surface area contributed by atoms with Crippen molar-refractivity contribution in [3.63, 3.8) is 0 Å². The standard InChI is InChI=1S/C11H24OSi2/c1-8-11(12-14(5,6)7)9-10-13(2,3)4/h11H,8H2,1-7H3. The van der Waals surface area contributed by atoms with Gasteiger partial charge in [0.1, 0.15) is 14.2 Å². The van der Waals surface area contributed by atoms with Gasteiger partial charge in [0.25, 0.3) is 0 Å². The van der Waals surface area contributed by atoms with Crippen molar-refractivity contribution >= 4 is 16.4 Å². The maximum Gasteiger partial charge on any atom is 0.185 e. The maximum atomic E-state index is 5.97. The first-order chi connectivity index (χ1) is 6.14. The molecule has 0 aromatic rings. The molecule has 0 saturated heterocycles. The van der Waals surface area contributed by atoms with E-state index in [1.54, 1.807) is 0 Å². The van der Waals surface area contributed by atoms with Crippen LogP contribution in [0.4, 0.5) is 0 Å². The summed E-state index contributed by atoms with van der Waals surface area (Å²) >= 11 is 0. The molecule has 0 bridgehead atoms. The predicted molar refractivity (Wildman–Crippen MR) is 69.6 cm³/mol. The van der Waals surface area contributed by atoms with Gasteiger partial charge in [-0.1, -0.05) is 32.5 Å². The number of hydrogen-bond donors (Lipinski definition) is 0. The molecule has 0 N–H and O–H groups in total.